The minimum absolute atomic E-state index is 0.577. The first-order valence-electron chi connectivity index (χ1n) is 6.78. The Morgan fingerprint density at radius 1 is 1.10 bits per heavy atom. The van der Waals surface area contributed by atoms with Crippen molar-refractivity contribution < 1.29 is 23.8 Å². The normalized spacial score (nSPS) is 18.9. The lowest BCUT2D eigenvalue weighted by Crippen LogP contribution is -2.52. The van der Waals surface area contributed by atoms with Crippen LogP contribution < -0.4 is 4.74 Å². The monoisotopic (exact) mass is 292 g/mol. The standard InChI is InChI=1S/C16H20O5/c1-15(2,10-8-6-7-9-11(10)19-5)12-13(17)20-16(3,4)21-14(12)18/h6-9,12H,1-5H3. The zero-order valence-electron chi connectivity index (χ0n) is 12.9. The van der Waals surface area contributed by atoms with Gasteiger partial charge in [0, 0.05) is 24.8 Å². The molecule has 0 aliphatic carbocycles. The van der Waals surface area contributed by atoms with E-state index in [1.165, 1.54) is 13.8 Å². The van der Waals surface area contributed by atoms with E-state index in [0.29, 0.717) is 5.75 Å². The highest BCUT2D eigenvalue weighted by atomic mass is 16.7. The van der Waals surface area contributed by atoms with Gasteiger partial charge in [0.1, 0.15) is 5.75 Å². The van der Waals surface area contributed by atoms with E-state index in [9.17, 15) is 9.59 Å². The van der Waals surface area contributed by atoms with Gasteiger partial charge in [-0.15, -0.1) is 0 Å². The van der Waals surface area contributed by atoms with Crippen LogP contribution in [0.1, 0.15) is 33.3 Å². The Morgan fingerprint density at radius 2 is 1.62 bits per heavy atom. The van der Waals surface area contributed by atoms with Gasteiger partial charge in [0.25, 0.3) is 5.79 Å². The molecular formula is C16H20O5. The van der Waals surface area contributed by atoms with Crippen LogP contribution in [0.25, 0.3) is 0 Å². The highest BCUT2D eigenvalue weighted by Crippen LogP contribution is 2.41. The molecule has 0 amide bonds. The Morgan fingerprint density at radius 3 is 2.14 bits per heavy atom. The highest BCUT2D eigenvalue weighted by molar-refractivity contribution is 5.98. The fourth-order valence-corrected chi connectivity index (χ4v) is 2.64. The maximum Gasteiger partial charge on any atom is 0.324 e. The minimum atomic E-state index is -1.22. The summed E-state index contributed by atoms with van der Waals surface area (Å²) in [6.07, 6.45) is 0. The van der Waals surface area contributed by atoms with Crippen LogP contribution in [0.2, 0.25) is 0 Å². The first kappa shape index (κ1) is 15.4. The van der Waals surface area contributed by atoms with Crippen LogP contribution in [0.3, 0.4) is 0 Å². The van der Waals surface area contributed by atoms with Crippen molar-refractivity contribution >= 4 is 11.9 Å². The van der Waals surface area contributed by atoms with Crippen molar-refractivity contribution in [2.45, 2.75) is 38.9 Å². The van der Waals surface area contributed by atoms with E-state index < -0.39 is 29.1 Å². The first-order chi connectivity index (χ1) is 9.69. The van der Waals surface area contributed by atoms with Gasteiger partial charge in [0.2, 0.25) is 0 Å². The lowest BCUT2D eigenvalue weighted by atomic mass is 9.72. The molecule has 114 valence electrons. The molecule has 1 heterocycles. The molecule has 0 saturated carbocycles. The molecular weight excluding hydrogens is 272 g/mol. The van der Waals surface area contributed by atoms with Crippen molar-refractivity contribution in [2.75, 3.05) is 7.11 Å². The number of rotatable bonds is 3. The SMILES string of the molecule is COc1ccccc1C(C)(C)C1C(=O)OC(C)(C)OC1=O. The van der Waals surface area contributed by atoms with Crippen LogP contribution in [-0.2, 0) is 24.5 Å². The average molecular weight is 292 g/mol. The summed E-state index contributed by atoms with van der Waals surface area (Å²) in [7, 11) is 1.55. The van der Waals surface area contributed by atoms with E-state index in [1.54, 1.807) is 27.0 Å². The number of carbonyl (C=O) groups excluding carboxylic acids is 2. The molecule has 1 fully saturated rings. The van der Waals surface area contributed by atoms with Gasteiger partial charge < -0.3 is 14.2 Å². The zero-order valence-corrected chi connectivity index (χ0v) is 12.9. The number of hydrogen-bond acceptors (Lipinski definition) is 5. The molecule has 1 aromatic rings. The molecule has 0 N–H and O–H groups in total. The number of para-hydroxylation sites is 1. The number of cyclic esters (lactones) is 2. The fraction of sp³-hybridized carbons (Fsp3) is 0.500. The van der Waals surface area contributed by atoms with Crippen LogP contribution in [0, 0.1) is 5.92 Å². The van der Waals surface area contributed by atoms with Crippen LogP contribution in [0.5, 0.6) is 5.75 Å². The number of carbonyl (C=O) groups is 2. The molecule has 5 nitrogen and oxygen atoms in total. The smallest absolute Gasteiger partial charge is 0.324 e. The van der Waals surface area contributed by atoms with Crippen molar-refractivity contribution in [1.29, 1.82) is 0 Å². The van der Waals surface area contributed by atoms with Gasteiger partial charge in [0.05, 0.1) is 7.11 Å². The van der Waals surface area contributed by atoms with Crippen molar-refractivity contribution in [3.8, 4) is 5.75 Å². The Balaban J connectivity index is 2.44. The van der Waals surface area contributed by atoms with Crippen LogP contribution in [0.15, 0.2) is 24.3 Å². The van der Waals surface area contributed by atoms with Crippen molar-refractivity contribution in [1.82, 2.24) is 0 Å². The predicted molar refractivity (Wildman–Crippen MR) is 75.8 cm³/mol. The number of hydrogen-bond donors (Lipinski definition) is 0. The molecule has 0 radical (unpaired) electrons. The molecule has 2 rings (SSSR count). The summed E-state index contributed by atoms with van der Waals surface area (Å²) in [4.78, 5) is 24.6. The van der Waals surface area contributed by atoms with Gasteiger partial charge in [-0.3, -0.25) is 9.59 Å². The number of esters is 2. The summed E-state index contributed by atoms with van der Waals surface area (Å²) < 4.78 is 15.8. The van der Waals surface area contributed by atoms with Gasteiger partial charge in [0.15, 0.2) is 5.92 Å². The molecule has 0 atom stereocenters. The Kier molecular flexibility index (Phi) is 3.70. The van der Waals surface area contributed by atoms with Gasteiger partial charge in [-0.25, -0.2) is 0 Å². The van der Waals surface area contributed by atoms with Crippen LogP contribution in [0.4, 0.5) is 0 Å². The third kappa shape index (κ3) is 2.73. The predicted octanol–water partition coefficient (Wildman–Crippen LogP) is 2.43. The van der Waals surface area contributed by atoms with E-state index in [4.69, 9.17) is 14.2 Å². The van der Waals surface area contributed by atoms with E-state index in [-0.39, 0.29) is 0 Å². The molecule has 0 aromatic heterocycles. The third-order valence-electron chi connectivity index (χ3n) is 3.69. The molecule has 1 aliphatic rings. The quantitative estimate of drug-likeness (QED) is 0.632. The summed E-state index contributed by atoms with van der Waals surface area (Å²) in [5, 5.41) is 0. The summed E-state index contributed by atoms with van der Waals surface area (Å²) >= 11 is 0. The summed E-state index contributed by atoms with van der Waals surface area (Å²) in [6.45, 7) is 6.68. The van der Waals surface area contributed by atoms with Crippen molar-refractivity contribution in [2.24, 2.45) is 5.92 Å². The summed E-state index contributed by atoms with van der Waals surface area (Å²) in [6, 6.07) is 7.29. The number of ether oxygens (including phenoxy) is 3. The lowest BCUT2D eigenvalue weighted by Gasteiger charge is -2.39. The average Bonchev–Trinajstić information content (AvgIpc) is 2.35. The topological polar surface area (TPSA) is 61.8 Å². The Labute approximate surface area is 124 Å². The zero-order chi connectivity index (χ0) is 15.8. The first-order valence-corrected chi connectivity index (χ1v) is 6.78. The van der Waals surface area contributed by atoms with E-state index in [1.807, 2.05) is 18.2 Å². The molecule has 5 heteroatoms. The van der Waals surface area contributed by atoms with Crippen molar-refractivity contribution in [3.63, 3.8) is 0 Å². The van der Waals surface area contributed by atoms with Gasteiger partial charge in [-0.1, -0.05) is 32.0 Å². The highest BCUT2D eigenvalue weighted by Gasteiger charge is 2.52. The largest absolute Gasteiger partial charge is 0.496 e. The number of benzene rings is 1. The molecule has 1 saturated heterocycles. The maximum absolute atomic E-state index is 12.3. The second-order valence-electron chi connectivity index (χ2n) is 6.10. The van der Waals surface area contributed by atoms with Crippen LogP contribution >= 0.6 is 0 Å². The van der Waals surface area contributed by atoms with Gasteiger partial charge >= 0.3 is 11.9 Å². The van der Waals surface area contributed by atoms with E-state index in [2.05, 4.69) is 0 Å². The molecule has 0 bridgehead atoms. The second kappa shape index (κ2) is 5.06. The van der Waals surface area contributed by atoms with Gasteiger partial charge in [-0.05, 0) is 6.07 Å². The minimum Gasteiger partial charge on any atom is -0.496 e. The fourth-order valence-electron chi connectivity index (χ4n) is 2.64. The Hall–Kier alpha value is -2.04. The molecule has 0 unspecified atom stereocenters. The molecule has 1 aliphatic heterocycles. The summed E-state index contributed by atoms with van der Waals surface area (Å²) in [5.74, 6) is -2.78. The maximum atomic E-state index is 12.3. The van der Waals surface area contributed by atoms with E-state index >= 15 is 0 Å². The lowest BCUT2D eigenvalue weighted by molar-refractivity contribution is -0.243. The van der Waals surface area contributed by atoms with E-state index in [0.717, 1.165) is 5.56 Å². The Bertz CT molecular complexity index is 554. The summed E-state index contributed by atoms with van der Waals surface area (Å²) in [5.41, 5.74) is -0.0526. The van der Waals surface area contributed by atoms with Crippen LogP contribution in [-0.4, -0.2) is 24.8 Å². The van der Waals surface area contributed by atoms with Gasteiger partial charge in [-0.2, -0.15) is 0 Å². The molecule has 1 aromatic carbocycles. The second-order valence-corrected chi connectivity index (χ2v) is 6.10. The van der Waals surface area contributed by atoms with Crippen molar-refractivity contribution in [3.05, 3.63) is 29.8 Å². The molecule has 0 spiro atoms. The number of methoxy groups -OCH3 is 1. The third-order valence-corrected chi connectivity index (χ3v) is 3.69. The molecule has 21 heavy (non-hydrogen) atoms.